The highest BCUT2D eigenvalue weighted by molar-refractivity contribution is 5.92. The topological polar surface area (TPSA) is 49.4 Å². The first-order valence-corrected chi connectivity index (χ1v) is 8.91. The van der Waals surface area contributed by atoms with Gasteiger partial charge >= 0.3 is 0 Å². The van der Waals surface area contributed by atoms with E-state index in [0.29, 0.717) is 31.5 Å². The lowest BCUT2D eigenvalue weighted by Gasteiger charge is -2.31. The standard InChI is InChI=1S/C21H23FN2O2/c1-15-4-2-7-19(12-15)23-21(26)17-8-10-24(11-9-17)20(25)14-16-5-3-6-18(22)13-16/h2-7,12-13,17H,8-11,14H2,1H3,(H,23,26). The number of nitrogens with zero attached hydrogens (tertiary/aromatic N) is 1. The molecule has 0 spiro atoms. The Hall–Kier alpha value is -2.69. The van der Waals surface area contributed by atoms with Crippen LogP contribution < -0.4 is 5.32 Å². The lowest BCUT2D eigenvalue weighted by atomic mass is 9.95. The molecule has 0 bridgehead atoms. The Morgan fingerprint density at radius 1 is 1.12 bits per heavy atom. The summed E-state index contributed by atoms with van der Waals surface area (Å²) in [6.07, 6.45) is 1.48. The van der Waals surface area contributed by atoms with Crippen LogP contribution in [-0.2, 0) is 16.0 Å². The molecule has 1 saturated heterocycles. The second-order valence-corrected chi connectivity index (χ2v) is 6.82. The number of carbonyl (C=O) groups is 2. The van der Waals surface area contributed by atoms with E-state index in [1.165, 1.54) is 12.1 Å². The summed E-state index contributed by atoms with van der Waals surface area (Å²) in [6.45, 7) is 3.10. The number of aryl methyl sites for hydroxylation is 1. The molecular weight excluding hydrogens is 331 g/mol. The summed E-state index contributed by atoms with van der Waals surface area (Å²) in [6, 6.07) is 13.8. The van der Waals surface area contributed by atoms with Crippen molar-refractivity contribution < 1.29 is 14.0 Å². The van der Waals surface area contributed by atoms with Crippen LogP contribution in [0.4, 0.5) is 10.1 Å². The summed E-state index contributed by atoms with van der Waals surface area (Å²) in [5.74, 6) is -0.434. The molecule has 136 valence electrons. The van der Waals surface area contributed by atoms with Crippen LogP contribution >= 0.6 is 0 Å². The van der Waals surface area contributed by atoms with Gasteiger partial charge in [-0.2, -0.15) is 0 Å². The van der Waals surface area contributed by atoms with Crippen LogP contribution in [0.1, 0.15) is 24.0 Å². The van der Waals surface area contributed by atoms with Crippen molar-refractivity contribution in [2.45, 2.75) is 26.2 Å². The monoisotopic (exact) mass is 354 g/mol. The molecule has 1 aliphatic rings. The second-order valence-electron chi connectivity index (χ2n) is 6.82. The Kier molecular flexibility index (Phi) is 5.66. The van der Waals surface area contributed by atoms with Crippen LogP contribution in [0.15, 0.2) is 48.5 Å². The Morgan fingerprint density at radius 2 is 1.85 bits per heavy atom. The number of likely N-dealkylation sites (tertiary alicyclic amines) is 1. The summed E-state index contributed by atoms with van der Waals surface area (Å²) < 4.78 is 13.2. The molecule has 0 radical (unpaired) electrons. The van der Waals surface area contributed by atoms with Gasteiger partial charge in [0.15, 0.2) is 0 Å². The first kappa shape index (κ1) is 18.1. The van der Waals surface area contributed by atoms with E-state index < -0.39 is 0 Å². The molecule has 0 aromatic heterocycles. The number of halogens is 1. The molecule has 1 heterocycles. The lowest BCUT2D eigenvalue weighted by Crippen LogP contribution is -2.42. The Labute approximate surface area is 153 Å². The normalized spacial score (nSPS) is 14.9. The van der Waals surface area contributed by atoms with Crippen molar-refractivity contribution in [2.75, 3.05) is 18.4 Å². The van der Waals surface area contributed by atoms with Gasteiger partial charge in [-0.1, -0.05) is 24.3 Å². The van der Waals surface area contributed by atoms with Gasteiger partial charge in [-0.3, -0.25) is 9.59 Å². The van der Waals surface area contributed by atoms with E-state index in [4.69, 9.17) is 0 Å². The van der Waals surface area contributed by atoms with Crippen LogP contribution in [0.25, 0.3) is 0 Å². The zero-order valence-electron chi connectivity index (χ0n) is 14.9. The number of carbonyl (C=O) groups excluding carboxylic acids is 2. The van der Waals surface area contributed by atoms with E-state index in [-0.39, 0.29) is 30.0 Å². The van der Waals surface area contributed by atoms with E-state index in [2.05, 4.69) is 5.32 Å². The molecule has 1 N–H and O–H groups in total. The zero-order chi connectivity index (χ0) is 18.5. The SMILES string of the molecule is Cc1cccc(NC(=O)C2CCN(C(=O)Cc3cccc(F)c3)CC2)c1. The molecular formula is C21H23FN2O2. The Morgan fingerprint density at radius 3 is 2.54 bits per heavy atom. The van der Waals surface area contributed by atoms with Crippen molar-refractivity contribution in [3.05, 3.63) is 65.5 Å². The molecule has 3 rings (SSSR count). The third-order valence-corrected chi connectivity index (χ3v) is 4.75. The number of hydrogen-bond acceptors (Lipinski definition) is 2. The Bertz CT molecular complexity index is 731. The number of benzene rings is 2. The molecule has 0 aliphatic carbocycles. The van der Waals surface area contributed by atoms with Gasteiger partial charge in [-0.25, -0.2) is 4.39 Å². The van der Waals surface area contributed by atoms with E-state index in [1.807, 2.05) is 31.2 Å². The molecule has 1 fully saturated rings. The largest absolute Gasteiger partial charge is 0.342 e. The molecule has 0 atom stereocenters. The fourth-order valence-electron chi connectivity index (χ4n) is 3.29. The first-order chi connectivity index (χ1) is 12.5. The van der Waals surface area contributed by atoms with Crippen molar-refractivity contribution in [1.82, 2.24) is 4.90 Å². The summed E-state index contributed by atoms with van der Waals surface area (Å²) in [5, 5.41) is 2.96. The van der Waals surface area contributed by atoms with Crippen LogP contribution in [-0.4, -0.2) is 29.8 Å². The minimum Gasteiger partial charge on any atom is -0.342 e. The number of rotatable bonds is 4. The maximum atomic E-state index is 13.2. The number of amides is 2. The fourth-order valence-corrected chi connectivity index (χ4v) is 3.29. The van der Waals surface area contributed by atoms with Gasteiger partial charge in [-0.05, 0) is 55.2 Å². The third kappa shape index (κ3) is 4.69. The van der Waals surface area contributed by atoms with Gasteiger partial charge in [0, 0.05) is 24.7 Å². The smallest absolute Gasteiger partial charge is 0.227 e. The van der Waals surface area contributed by atoms with E-state index in [0.717, 1.165) is 11.3 Å². The van der Waals surface area contributed by atoms with Gasteiger partial charge in [0.25, 0.3) is 0 Å². The average Bonchev–Trinajstić information content (AvgIpc) is 2.62. The molecule has 4 nitrogen and oxygen atoms in total. The van der Waals surface area contributed by atoms with Crippen molar-refractivity contribution >= 4 is 17.5 Å². The predicted octanol–water partition coefficient (Wildman–Crippen LogP) is 3.55. The number of nitrogens with one attached hydrogen (secondary N) is 1. The molecule has 1 aliphatic heterocycles. The predicted molar refractivity (Wildman–Crippen MR) is 99.2 cm³/mol. The van der Waals surface area contributed by atoms with Gasteiger partial charge in [0.2, 0.25) is 11.8 Å². The Balaban J connectivity index is 1.50. The lowest BCUT2D eigenvalue weighted by molar-refractivity contribution is -0.133. The fraction of sp³-hybridized carbons (Fsp3) is 0.333. The van der Waals surface area contributed by atoms with Crippen molar-refractivity contribution in [3.8, 4) is 0 Å². The number of hydrogen-bond donors (Lipinski definition) is 1. The molecule has 5 heteroatoms. The maximum absolute atomic E-state index is 13.2. The zero-order valence-corrected chi connectivity index (χ0v) is 14.9. The van der Waals surface area contributed by atoms with Gasteiger partial charge < -0.3 is 10.2 Å². The van der Waals surface area contributed by atoms with E-state index >= 15 is 0 Å². The van der Waals surface area contributed by atoms with Gasteiger partial charge in [-0.15, -0.1) is 0 Å². The molecule has 2 aromatic carbocycles. The second kappa shape index (κ2) is 8.13. The van der Waals surface area contributed by atoms with Crippen LogP contribution in [0.5, 0.6) is 0 Å². The molecule has 26 heavy (non-hydrogen) atoms. The van der Waals surface area contributed by atoms with Crippen LogP contribution in [0.2, 0.25) is 0 Å². The highest BCUT2D eigenvalue weighted by Crippen LogP contribution is 2.21. The molecule has 0 unspecified atom stereocenters. The minimum atomic E-state index is -0.332. The molecule has 2 amide bonds. The first-order valence-electron chi connectivity index (χ1n) is 8.91. The molecule has 2 aromatic rings. The van der Waals surface area contributed by atoms with Crippen molar-refractivity contribution in [2.24, 2.45) is 5.92 Å². The summed E-state index contributed by atoms with van der Waals surface area (Å²) in [5.41, 5.74) is 2.58. The minimum absolute atomic E-state index is 0.00725. The highest BCUT2D eigenvalue weighted by atomic mass is 19.1. The van der Waals surface area contributed by atoms with Crippen molar-refractivity contribution in [3.63, 3.8) is 0 Å². The summed E-state index contributed by atoms with van der Waals surface area (Å²) in [7, 11) is 0. The van der Waals surface area contributed by atoms with E-state index in [1.54, 1.807) is 17.0 Å². The third-order valence-electron chi connectivity index (χ3n) is 4.75. The average molecular weight is 354 g/mol. The van der Waals surface area contributed by atoms with E-state index in [9.17, 15) is 14.0 Å². The van der Waals surface area contributed by atoms with Gasteiger partial charge in [0.05, 0.1) is 6.42 Å². The highest BCUT2D eigenvalue weighted by Gasteiger charge is 2.27. The number of anilines is 1. The summed E-state index contributed by atoms with van der Waals surface area (Å²) >= 11 is 0. The number of piperidine rings is 1. The maximum Gasteiger partial charge on any atom is 0.227 e. The van der Waals surface area contributed by atoms with Crippen molar-refractivity contribution in [1.29, 1.82) is 0 Å². The molecule has 0 saturated carbocycles. The van der Waals surface area contributed by atoms with Crippen LogP contribution in [0, 0.1) is 18.7 Å². The quantitative estimate of drug-likeness (QED) is 0.913. The van der Waals surface area contributed by atoms with Crippen LogP contribution in [0.3, 0.4) is 0 Å². The summed E-state index contributed by atoms with van der Waals surface area (Å²) in [4.78, 5) is 26.6. The van der Waals surface area contributed by atoms with Gasteiger partial charge in [0.1, 0.15) is 5.82 Å².